The summed E-state index contributed by atoms with van der Waals surface area (Å²) in [5, 5.41) is 3.11. The molecule has 2 aromatic rings. The minimum Gasteiger partial charge on any atom is -0.493 e. The van der Waals surface area contributed by atoms with Gasteiger partial charge in [0.2, 0.25) is 0 Å². The molecule has 1 aliphatic rings. The molecule has 1 aliphatic heterocycles. The molecular weight excluding hydrogens is 465 g/mol. The van der Waals surface area contributed by atoms with Gasteiger partial charge in [-0.1, -0.05) is 30.3 Å². The fraction of sp³-hybridized carbons (Fsp3) is 0.409. The molecule has 0 atom stereocenters. The number of nitrogens with two attached hydrogens (primary N) is 1. The first-order valence-electron chi connectivity index (χ1n) is 9.73. The van der Waals surface area contributed by atoms with Crippen molar-refractivity contribution in [2.75, 3.05) is 26.4 Å². The standard InChI is InChI=1S/C22H29N3O2.HI/c1-2-26-13-4-12-24-22(23)25-16-17-6-8-18(9-7-17)19-10-11-21-20(15-19)5-3-14-27-21;/h6-11,15H,2-5,12-14,16H2,1H3,(H3,23,24,25);1H. The number of benzene rings is 2. The first-order chi connectivity index (χ1) is 13.3. The van der Waals surface area contributed by atoms with Crippen molar-refractivity contribution < 1.29 is 9.47 Å². The van der Waals surface area contributed by atoms with E-state index in [2.05, 4.69) is 52.8 Å². The predicted molar refractivity (Wildman–Crippen MR) is 126 cm³/mol. The lowest BCUT2D eigenvalue weighted by Crippen LogP contribution is -2.32. The summed E-state index contributed by atoms with van der Waals surface area (Å²) in [7, 11) is 0. The highest BCUT2D eigenvalue weighted by atomic mass is 127. The number of nitrogens with zero attached hydrogens (tertiary/aromatic N) is 1. The van der Waals surface area contributed by atoms with Gasteiger partial charge < -0.3 is 20.5 Å². The van der Waals surface area contributed by atoms with Crippen molar-refractivity contribution in [3.63, 3.8) is 0 Å². The van der Waals surface area contributed by atoms with E-state index in [1.165, 1.54) is 16.7 Å². The van der Waals surface area contributed by atoms with Crippen LogP contribution in [-0.4, -0.2) is 32.3 Å². The van der Waals surface area contributed by atoms with Crippen LogP contribution >= 0.6 is 24.0 Å². The summed E-state index contributed by atoms with van der Waals surface area (Å²) in [4.78, 5) is 4.40. The highest BCUT2D eigenvalue weighted by Gasteiger charge is 2.11. The van der Waals surface area contributed by atoms with Crippen molar-refractivity contribution in [1.82, 2.24) is 5.32 Å². The van der Waals surface area contributed by atoms with Gasteiger partial charge in [-0.25, -0.2) is 4.99 Å². The number of aliphatic imine (C=N–C) groups is 1. The Labute approximate surface area is 184 Å². The number of guanidine groups is 1. The molecule has 6 heteroatoms. The minimum absolute atomic E-state index is 0. The Bertz CT molecular complexity index is 763. The maximum atomic E-state index is 5.91. The van der Waals surface area contributed by atoms with E-state index >= 15 is 0 Å². The monoisotopic (exact) mass is 495 g/mol. The third-order valence-electron chi connectivity index (χ3n) is 4.60. The van der Waals surface area contributed by atoms with Crippen LogP contribution in [0.25, 0.3) is 11.1 Å². The Balaban J connectivity index is 0.00000280. The molecule has 0 unspecified atom stereocenters. The van der Waals surface area contributed by atoms with Gasteiger partial charge in [0.25, 0.3) is 0 Å². The molecular formula is C22H30IN3O2. The summed E-state index contributed by atoms with van der Waals surface area (Å²) in [6.07, 6.45) is 3.10. The molecule has 0 aliphatic carbocycles. The van der Waals surface area contributed by atoms with Crippen LogP contribution in [0.5, 0.6) is 5.75 Å². The average molecular weight is 495 g/mol. The van der Waals surface area contributed by atoms with Crippen LogP contribution in [0.3, 0.4) is 0 Å². The number of hydrogen-bond acceptors (Lipinski definition) is 3. The molecule has 0 aromatic heterocycles. The van der Waals surface area contributed by atoms with Crippen molar-refractivity contribution in [1.29, 1.82) is 0 Å². The van der Waals surface area contributed by atoms with Gasteiger partial charge in [-0.3, -0.25) is 0 Å². The van der Waals surface area contributed by atoms with Gasteiger partial charge in [-0.2, -0.15) is 0 Å². The van der Waals surface area contributed by atoms with Crippen molar-refractivity contribution in [3.8, 4) is 16.9 Å². The summed E-state index contributed by atoms with van der Waals surface area (Å²) in [6.45, 7) is 5.66. The zero-order valence-corrected chi connectivity index (χ0v) is 18.8. The zero-order valence-electron chi connectivity index (χ0n) is 16.4. The molecule has 0 saturated carbocycles. The van der Waals surface area contributed by atoms with E-state index in [9.17, 15) is 0 Å². The molecule has 152 valence electrons. The van der Waals surface area contributed by atoms with Crippen LogP contribution in [0, 0.1) is 0 Å². The third kappa shape index (κ3) is 6.67. The topological polar surface area (TPSA) is 68.9 Å². The highest BCUT2D eigenvalue weighted by molar-refractivity contribution is 14.0. The predicted octanol–water partition coefficient (Wildman–Crippen LogP) is 4.13. The fourth-order valence-corrected chi connectivity index (χ4v) is 3.11. The number of halogens is 1. The van der Waals surface area contributed by atoms with Crippen LogP contribution in [0.15, 0.2) is 47.5 Å². The normalized spacial score (nSPS) is 13.2. The highest BCUT2D eigenvalue weighted by Crippen LogP contribution is 2.30. The van der Waals surface area contributed by atoms with Crippen molar-refractivity contribution in [3.05, 3.63) is 53.6 Å². The molecule has 3 rings (SSSR count). The number of nitrogens with one attached hydrogen (secondary N) is 1. The second-order valence-corrected chi connectivity index (χ2v) is 6.65. The molecule has 0 saturated heterocycles. The summed E-state index contributed by atoms with van der Waals surface area (Å²) < 4.78 is 11.0. The number of fused-ring (bicyclic) bond motifs is 1. The number of ether oxygens (including phenoxy) is 2. The summed E-state index contributed by atoms with van der Waals surface area (Å²) in [5.74, 6) is 1.51. The zero-order chi connectivity index (χ0) is 18.9. The van der Waals surface area contributed by atoms with Crippen molar-refractivity contribution in [2.24, 2.45) is 10.7 Å². The number of aryl methyl sites for hydroxylation is 1. The Morgan fingerprint density at radius 1 is 1.18 bits per heavy atom. The van der Waals surface area contributed by atoms with Gasteiger partial charge in [0.1, 0.15) is 5.75 Å². The van der Waals surface area contributed by atoms with Crippen LogP contribution in [0.2, 0.25) is 0 Å². The van der Waals surface area contributed by atoms with E-state index in [0.29, 0.717) is 12.5 Å². The number of hydrogen-bond donors (Lipinski definition) is 2. The first-order valence-corrected chi connectivity index (χ1v) is 9.73. The lowest BCUT2D eigenvalue weighted by molar-refractivity contribution is 0.145. The number of rotatable bonds is 8. The van der Waals surface area contributed by atoms with Crippen LogP contribution in [0.1, 0.15) is 30.9 Å². The summed E-state index contributed by atoms with van der Waals surface area (Å²) in [6, 6.07) is 14.9. The van der Waals surface area contributed by atoms with Crippen molar-refractivity contribution >= 4 is 29.9 Å². The van der Waals surface area contributed by atoms with Gasteiger partial charge in [0, 0.05) is 19.8 Å². The molecule has 5 nitrogen and oxygen atoms in total. The summed E-state index contributed by atoms with van der Waals surface area (Å²) in [5.41, 5.74) is 10.8. The Hall–Kier alpha value is -1.80. The first kappa shape index (κ1) is 22.5. The van der Waals surface area contributed by atoms with Gasteiger partial charge in [0.05, 0.1) is 13.2 Å². The lowest BCUT2D eigenvalue weighted by Gasteiger charge is -2.18. The van der Waals surface area contributed by atoms with E-state index in [-0.39, 0.29) is 24.0 Å². The van der Waals surface area contributed by atoms with Gasteiger partial charge >= 0.3 is 0 Å². The smallest absolute Gasteiger partial charge is 0.188 e. The maximum Gasteiger partial charge on any atom is 0.188 e. The van der Waals surface area contributed by atoms with Gasteiger partial charge in [0.15, 0.2) is 5.96 Å². The van der Waals surface area contributed by atoms with Crippen LogP contribution in [-0.2, 0) is 17.7 Å². The Morgan fingerprint density at radius 2 is 1.96 bits per heavy atom. The van der Waals surface area contributed by atoms with E-state index in [4.69, 9.17) is 15.2 Å². The van der Waals surface area contributed by atoms with E-state index in [0.717, 1.165) is 56.9 Å². The molecule has 0 amide bonds. The second-order valence-electron chi connectivity index (χ2n) is 6.65. The van der Waals surface area contributed by atoms with E-state index in [1.807, 2.05) is 6.92 Å². The molecule has 0 spiro atoms. The maximum absolute atomic E-state index is 5.91. The SMILES string of the molecule is CCOCCCNC(N)=NCc1ccc(-c2ccc3c(c2)CCCO3)cc1.I. The molecule has 28 heavy (non-hydrogen) atoms. The van der Waals surface area contributed by atoms with Gasteiger partial charge in [-0.15, -0.1) is 24.0 Å². The van der Waals surface area contributed by atoms with Crippen LogP contribution in [0.4, 0.5) is 0 Å². The second kappa shape index (κ2) is 11.9. The largest absolute Gasteiger partial charge is 0.493 e. The fourth-order valence-electron chi connectivity index (χ4n) is 3.11. The third-order valence-corrected chi connectivity index (χ3v) is 4.60. The van der Waals surface area contributed by atoms with E-state index < -0.39 is 0 Å². The Morgan fingerprint density at radius 3 is 2.75 bits per heavy atom. The van der Waals surface area contributed by atoms with E-state index in [1.54, 1.807) is 0 Å². The molecule has 0 fully saturated rings. The molecule has 1 heterocycles. The van der Waals surface area contributed by atoms with Crippen molar-refractivity contribution in [2.45, 2.75) is 32.7 Å². The molecule has 3 N–H and O–H groups in total. The molecule has 0 radical (unpaired) electrons. The van der Waals surface area contributed by atoms with Crippen LogP contribution < -0.4 is 15.8 Å². The quantitative estimate of drug-likeness (QED) is 0.250. The molecule has 2 aromatic carbocycles. The average Bonchev–Trinajstić information content (AvgIpc) is 2.72. The lowest BCUT2D eigenvalue weighted by atomic mass is 9.98. The Kier molecular flexibility index (Phi) is 9.57. The summed E-state index contributed by atoms with van der Waals surface area (Å²) >= 11 is 0. The minimum atomic E-state index is 0. The molecule has 0 bridgehead atoms. The van der Waals surface area contributed by atoms with Gasteiger partial charge in [-0.05, 0) is 60.6 Å².